The van der Waals surface area contributed by atoms with E-state index in [9.17, 15) is 18.3 Å². The molecule has 0 radical (unpaired) electrons. The van der Waals surface area contributed by atoms with Gasteiger partial charge in [0.25, 0.3) is 0 Å². The molecule has 3 aromatic rings. The summed E-state index contributed by atoms with van der Waals surface area (Å²) in [7, 11) is 0. The van der Waals surface area contributed by atoms with E-state index in [0.717, 1.165) is 6.07 Å². The number of rotatable bonds is 6. The molecule has 0 aliphatic heterocycles. The topological polar surface area (TPSA) is 93.9 Å². The van der Waals surface area contributed by atoms with E-state index >= 15 is 0 Å². The molecule has 0 bridgehead atoms. The molecular formula is C20H16F3N5O. The van der Waals surface area contributed by atoms with Gasteiger partial charge in [-0.15, -0.1) is 0 Å². The van der Waals surface area contributed by atoms with Crippen LogP contribution < -0.4 is 10.6 Å². The minimum absolute atomic E-state index is 0.173. The van der Waals surface area contributed by atoms with Crippen LogP contribution in [0.3, 0.4) is 0 Å². The molecule has 1 aromatic heterocycles. The number of hydrogen-bond acceptors (Lipinski definition) is 6. The van der Waals surface area contributed by atoms with E-state index in [1.807, 2.05) is 6.07 Å². The first-order valence-corrected chi connectivity index (χ1v) is 8.55. The monoisotopic (exact) mass is 399 g/mol. The van der Waals surface area contributed by atoms with Gasteiger partial charge in [0.1, 0.15) is 5.82 Å². The number of hydrogen-bond donors (Lipinski definition) is 3. The third-order valence-corrected chi connectivity index (χ3v) is 4.01. The number of nitriles is 1. The van der Waals surface area contributed by atoms with Gasteiger partial charge >= 0.3 is 6.18 Å². The van der Waals surface area contributed by atoms with Crippen LogP contribution >= 0.6 is 0 Å². The summed E-state index contributed by atoms with van der Waals surface area (Å²) in [4.78, 5) is 8.28. The average molecular weight is 399 g/mol. The lowest BCUT2D eigenvalue weighted by atomic mass is 10.0. The summed E-state index contributed by atoms with van der Waals surface area (Å²) in [6.07, 6.45) is -4.48. The first kappa shape index (κ1) is 20.1. The molecule has 0 saturated heterocycles. The molecule has 3 N–H and O–H groups in total. The van der Waals surface area contributed by atoms with Gasteiger partial charge in [0.2, 0.25) is 5.95 Å². The van der Waals surface area contributed by atoms with Crippen LogP contribution in [0.25, 0.3) is 0 Å². The van der Waals surface area contributed by atoms with Gasteiger partial charge in [-0.25, -0.2) is 4.98 Å². The average Bonchev–Trinajstić information content (AvgIpc) is 2.72. The van der Waals surface area contributed by atoms with E-state index in [4.69, 9.17) is 5.26 Å². The molecule has 1 unspecified atom stereocenters. The summed E-state index contributed by atoms with van der Waals surface area (Å²) in [5.74, 6) is 0.553. The van der Waals surface area contributed by atoms with Gasteiger partial charge in [-0.2, -0.15) is 23.4 Å². The van der Waals surface area contributed by atoms with Crippen LogP contribution in [0.1, 0.15) is 22.8 Å². The Morgan fingerprint density at radius 3 is 2.66 bits per heavy atom. The molecule has 6 nitrogen and oxygen atoms in total. The second kappa shape index (κ2) is 8.58. The first-order chi connectivity index (χ1) is 13.9. The van der Waals surface area contributed by atoms with Gasteiger partial charge in [0, 0.05) is 18.4 Å². The van der Waals surface area contributed by atoms with Crippen LogP contribution in [0, 0.1) is 11.3 Å². The van der Waals surface area contributed by atoms with Crippen molar-refractivity contribution in [2.75, 3.05) is 17.2 Å². The second-order valence-electron chi connectivity index (χ2n) is 6.06. The van der Waals surface area contributed by atoms with Crippen molar-refractivity contribution in [3.8, 4) is 6.07 Å². The van der Waals surface area contributed by atoms with E-state index in [0.29, 0.717) is 17.1 Å². The number of aliphatic hydroxyl groups excluding tert-OH is 1. The zero-order valence-electron chi connectivity index (χ0n) is 15.0. The number of nitrogens with one attached hydrogen (secondary N) is 2. The molecule has 3 rings (SSSR count). The van der Waals surface area contributed by atoms with Gasteiger partial charge in [-0.3, -0.25) is 0 Å². The first-order valence-electron chi connectivity index (χ1n) is 8.55. The number of aromatic nitrogens is 2. The number of alkyl halides is 3. The maximum absolute atomic E-state index is 13.1. The number of anilines is 3. The Hall–Kier alpha value is -3.64. The van der Waals surface area contributed by atoms with Gasteiger partial charge in [-0.1, -0.05) is 24.3 Å². The van der Waals surface area contributed by atoms with Gasteiger partial charge in [0.15, 0.2) is 0 Å². The van der Waals surface area contributed by atoms with E-state index in [1.54, 1.807) is 24.3 Å². The maximum atomic E-state index is 13.1. The van der Waals surface area contributed by atoms with E-state index < -0.39 is 17.8 Å². The zero-order valence-corrected chi connectivity index (χ0v) is 15.0. The second-order valence-corrected chi connectivity index (χ2v) is 6.06. The third-order valence-electron chi connectivity index (χ3n) is 4.01. The minimum atomic E-state index is -4.55. The highest BCUT2D eigenvalue weighted by molar-refractivity contribution is 5.57. The molecule has 148 valence electrons. The molecule has 2 aromatic carbocycles. The van der Waals surface area contributed by atoms with E-state index in [-0.39, 0.29) is 18.1 Å². The largest absolute Gasteiger partial charge is 0.416 e. The van der Waals surface area contributed by atoms with Crippen molar-refractivity contribution in [3.05, 3.63) is 77.5 Å². The summed E-state index contributed by atoms with van der Waals surface area (Å²) in [6.45, 7) is -0.173. The summed E-state index contributed by atoms with van der Waals surface area (Å²) in [6, 6.07) is 15.2. The fourth-order valence-electron chi connectivity index (χ4n) is 2.67. The Labute approximate surface area is 164 Å². The van der Waals surface area contributed by atoms with Crippen LogP contribution in [0.4, 0.5) is 30.6 Å². The fourth-order valence-corrected chi connectivity index (χ4v) is 2.67. The summed E-state index contributed by atoms with van der Waals surface area (Å²) in [5.41, 5.74) is -0.0130. The standard InChI is InChI=1S/C20H16F3N5O/c21-20(22,23)16-7-2-1-6-15(16)17(29)12-26-18-8-9-25-19(28-18)27-14-5-3-4-13(10-14)11-24/h1-10,17,29H,12H2,(H2,25,26,27,28). The normalized spacial score (nSPS) is 12.1. The lowest BCUT2D eigenvalue weighted by molar-refractivity contribution is -0.139. The van der Waals surface area contributed by atoms with Crippen molar-refractivity contribution in [3.63, 3.8) is 0 Å². The number of nitrogens with zero attached hydrogens (tertiary/aromatic N) is 3. The van der Waals surface area contributed by atoms with Crippen molar-refractivity contribution in [2.24, 2.45) is 0 Å². The Bertz CT molecular complexity index is 1030. The minimum Gasteiger partial charge on any atom is -0.387 e. The molecule has 0 aliphatic carbocycles. The lowest BCUT2D eigenvalue weighted by Gasteiger charge is -2.18. The Morgan fingerprint density at radius 2 is 1.90 bits per heavy atom. The highest BCUT2D eigenvalue weighted by atomic mass is 19.4. The quantitative estimate of drug-likeness (QED) is 0.574. The molecular weight excluding hydrogens is 383 g/mol. The van der Waals surface area contributed by atoms with Crippen LogP contribution in [0.2, 0.25) is 0 Å². The Kier molecular flexibility index (Phi) is 5.95. The van der Waals surface area contributed by atoms with Crippen molar-refractivity contribution in [1.29, 1.82) is 5.26 Å². The van der Waals surface area contributed by atoms with E-state index in [1.165, 1.54) is 30.5 Å². The molecule has 1 atom stereocenters. The molecule has 0 amide bonds. The van der Waals surface area contributed by atoms with Crippen molar-refractivity contribution in [1.82, 2.24) is 9.97 Å². The van der Waals surface area contributed by atoms with Crippen LogP contribution in [0.5, 0.6) is 0 Å². The smallest absolute Gasteiger partial charge is 0.387 e. The molecule has 0 saturated carbocycles. The molecule has 0 fully saturated rings. The third kappa shape index (κ3) is 5.21. The molecule has 29 heavy (non-hydrogen) atoms. The van der Waals surface area contributed by atoms with Crippen molar-refractivity contribution < 1.29 is 18.3 Å². The number of halogens is 3. The predicted octanol–water partition coefficient (Wildman–Crippen LogP) is 4.26. The molecule has 9 heteroatoms. The summed E-state index contributed by atoms with van der Waals surface area (Å²) < 4.78 is 39.3. The van der Waals surface area contributed by atoms with E-state index in [2.05, 4.69) is 20.6 Å². The Balaban J connectivity index is 1.69. The summed E-state index contributed by atoms with van der Waals surface area (Å²) in [5, 5.41) is 24.9. The SMILES string of the molecule is N#Cc1cccc(Nc2nccc(NCC(O)c3ccccc3C(F)(F)F)n2)c1. The van der Waals surface area contributed by atoms with Crippen molar-refractivity contribution >= 4 is 17.5 Å². The highest BCUT2D eigenvalue weighted by Crippen LogP contribution is 2.34. The van der Waals surface area contributed by atoms with Gasteiger partial charge in [0.05, 0.1) is 23.3 Å². The number of aliphatic hydroxyl groups is 1. The number of benzene rings is 2. The maximum Gasteiger partial charge on any atom is 0.416 e. The Morgan fingerprint density at radius 1 is 1.10 bits per heavy atom. The van der Waals surface area contributed by atoms with Crippen LogP contribution in [-0.4, -0.2) is 21.6 Å². The summed E-state index contributed by atoms with van der Waals surface area (Å²) >= 11 is 0. The molecule has 0 aliphatic rings. The van der Waals surface area contributed by atoms with Gasteiger partial charge in [-0.05, 0) is 35.9 Å². The highest BCUT2D eigenvalue weighted by Gasteiger charge is 2.34. The molecule has 1 heterocycles. The van der Waals surface area contributed by atoms with Gasteiger partial charge < -0.3 is 15.7 Å². The molecule has 0 spiro atoms. The lowest BCUT2D eigenvalue weighted by Crippen LogP contribution is -2.18. The predicted molar refractivity (Wildman–Crippen MR) is 101 cm³/mol. The zero-order chi connectivity index (χ0) is 20.9. The fraction of sp³-hybridized carbons (Fsp3) is 0.150. The van der Waals surface area contributed by atoms with Crippen LogP contribution in [-0.2, 0) is 6.18 Å². The van der Waals surface area contributed by atoms with Crippen LogP contribution in [0.15, 0.2) is 60.8 Å². The van der Waals surface area contributed by atoms with Crippen molar-refractivity contribution in [2.45, 2.75) is 12.3 Å².